The van der Waals surface area contributed by atoms with Gasteiger partial charge < -0.3 is 10.1 Å². The van der Waals surface area contributed by atoms with Crippen LogP contribution in [0, 0.1) is 13.8 Å². The third-order valence-corrected chi connectivity index (χ3v) is 4.80. The Balaban J connectivity index is 1.55. The molecule has 0 aliphatic heterocycles. The third-order valence-electron chi connectivity index (χ3n) is 4.80. The average molecular weight is 393 g/mol. The number of aromatic nitrogens is 2. The lowest BCUT2D eigenvalue weighted by molar-refractivity contribution is -0.149. The van der Waals surface area contributed by atoms with Crippen molar-refractivity contribution in [2.24, 2.45) is 0 Å². The van der Waals surface area contributed by atoms with E-state index in [1.807, 2.05) is 39.0 Å². The Morgan fingerprint density at radius 3 is 2.66 bits per heavy atom. The van der Waals surface area contributed by atoms with Crippen molar-refractivity contribution < 1.29 is 14.3 Å². The van der Waals surface area contributed by atoms with Crippen LogP contribution >= 0.6 is 0 Å². The number of esters is 1. The highest BCUT2D eigenvalue weighted by Crippen LogP contribution is 2.16. The molecule has 0 spiro atoms. The Labute approximate surface area is 168 Å². The summed E-state index contributed by atoms with van der Waals surface area (Å²) in [6.07, 6.45) is 1.30. The second-order valence-corrected chi connectivity index (χ2v) is 6.99. The molecule has 1 atom stereocenters. The number of hydrogen-bond donors (Lipinski definition) is 1. The summed E-state index contributed by atoms with van der Waals surface area (Å²) in [5.41, 5.74) is 3.52. The first-order chi connectivity index (χ1) is 13.8. The van der Waals surface area contributed by atoms with Crippen molar-refractivity contribution in [1.29, 1.82) is 0 Å². The molecule has 3 rings (SSSR count). The highest BCUT2D eigenvalue weighted by molar-refractivity contribution is 5.81. The van der Waals surface area contributed by atoms with Gasteiger partial charge in [0, 0.05) is 0 Å². The molecule has 7 nitrogen and oxygen atoms in total. The number of benzene rings is 2. The summed E-state index contributed by atoms with van der Waals surface area (Å²) in [5, 5.41) is 3.22. The van der Waals surface area contributed by atoms with Gasteiger partial charge in [-0.2, -0.15) is 0 Å². The van der Waals surface area contributed by atoms with E-state index in [9.17, 15) is 14.4 Å². The zero-order valence-corrected chi connectivity index (χ0v) is 16.6. The Kier molecular flexibility index (Phi) is 6.07. The fourth-order valence-electron chi connectivity index (χ4n) is 2.95. The molecular weight excluding hydrogens is 370 g/mol. The summed E-state index contributed by atoms with van der Waals surface area (Å²) < 4.78 is 6.18. The van der Waals surface area contributed by atoms with Crippen molar-refractivity contribution in [2.45, 2.75) is 33.4 Å². The van der Waals surface area contributed by atoms with Gasteiger partial charge in [-0.25, -0.2) is 4.98 Å². The van der Waals surface area contributed by atoms with Crippen LogP contribution < -0.4 is 10.9 Å². The van der Waals surface area contributed by atoms with Crippen LogP contribution in [-0.2, 0) is 20.9 Å². The van der Waals surface area contributed by atoms with E-state index in [-0.39, 0.29) is 18.1 Å². The summed E-state index contributed by atoms with van der Waals surface area (Å²) >= 11 is 0. The number of ether oxygens (including phenoxy) is 1. The molecule has 0 saturated heterocycles. The van der Waals surface area contributed by atoms with E-state index in [0.29, 0.717) is 10.9 Å². The van der Waals surface area contributed by atoms with E-state index >= 15 is 0 Å². The first kappa shape index (κ1) is 20.3. The molecule has 3 aromatic rings. The van der Waals surface area contributed by atoms with Gasteiger partial charge in [-0.1, -0.05) is 30.3 Å². The van der Waals surface area contributed by atoms with Gasteiger partial charge in [0.2, 0.25) is 0 Å². The number of carbonyl (C=O) groups excluding carboxylic acids is 2. The van der Waals surface area contributed by atoms with Gasteiger partial charge in [0.25, 0.3) is 11.5 Å². The maximum Gasteiger partial charge on any atom is 0.326 e. The number of rotatable bonds is 6. The number of nitrogens with zero attached hydrogens (tertiary/aromatic N) is 2. The molecule has 0 unspecified atom stereocenters. The zero-order valence-electron chi connectivity index (χ0n) is 16.6. The van der Waals surface area contributed by atoms with Crippen LogP contribution in [0.25, 0.3) is 10.9 Å². The van der Waals surface area contributed by atoms with Crippen molar-refractivity contribution in [3.8, 4) is 0 Å². The minimum Gasteiger partial charge on any atom is -0.454 e. The lowest BCUT2D eigenvalue weighted by atomic mass is 10.0. The van der Waals surface area contributed by atoms with Crippen LogP contribution in [0.2, 0.25) is 0 Å². The van der Waals surface area contributed by atoms with Crippen molar-refractivity contribution in [3.63, 3.8) is 0 Å². The van der Waals surface area contributed by atoms with Gasteiger partial charge in [-0.05, 0) is 49.6 Å². The molecule has 1 heterocycles. The largest absolute Gasteiger partial charge is 0.454 e. The van der Waals surface area contributed by atoms with E-state index in [1.165, 1.54) is 16.5 Å². The van der Waals surface area contributed by atoms with Gasteiger partial charge in [0.05, 0.1) is 23.3 Å². The quantitative estimate of drug-likeness (QED) is 0.650. The molecule has 2 aromatic carbocycles. The standard InChI is InChI=1S/C22H23N3O4/c1-14-8-9-17(10-15(14)2)16(3)24-20(26)12-29-21(27)11-25-13-23-19-7-5-4-6-18(19)22(25)28/h4-10,13,16H,11-12H2,1-3H3,(H,24,26)/t16-/m1/s1. The predicted molar refractivity (Wildman–Crippen MR) is 109 cm³/mol. The fourth-order valence-corrected chi connectivity index (χ4v) is 2.95. The van der Waals surface area contributed by atoms with Crippen LogP contribution in [0.3, 0.4) is 0 Å². The minimum absolute atomic E-state index is 0.215. The number of hydrogen-bond acceptors (Lipinski definition) is 5. The molecule has 1 N–H and O–H groups in total. The molecule has 150 valence electrons. The number of carbonyl (C=O) groups is 2. The normalized spacial score (nSPS) is 11.8. The van der Waals surface area contributed by atoms with Crippen molar-refractivity contribution in [2.75, 3.05) is 6.61 Å². The molecule has 0 radical (unpaired) electrons. The van der Waals surface area contributed by atoms with Crippen LogP contribution in [0.4, 0.5) is 0 Å². The van der Waals surface area contributed by atoms with E-state index in [0.717, 1.165) is 11.1 Å². The lowest BCUT2D eigenvalue weighted by Crippen LogP contribution is -2.32. The van der Waals surface area contributed by atoms with Crippen LogP contribution in [0.15, 0.2) is 53.6 Å². The van der Waals surface area contributed by atoms with Gasteiger partial charge in [0.15, 0.2) is 6.61 Å². The van der Waals surface area contributed by atoms with Crippen molar-refractivity contribution >= 4 is 22.8 Å². The first-order valence-corrected chi connectivity index (χ1v) is 9.31. The van der Waals surface area contributed by atoms with Crippen LogP contribution in [0.1, 0.15) is 29.7 Å². The second kappa shape index (κ2) is 8.68. The molecule has 0 aliphatic rings. The van der Waals surface area contributed by atoms with Crippen LogP contribution in [-0.4, -0.2) is 28.0 Å². The van der Waals surface area contributed by atoms with E-state index in [1.54, 1.807) is 24.3 Å². The second-order valence-electron chi connectivity index (χ2n) is 6.99. The first-order valence-electron chi connectivity index (χ1n) is 9.31. The topological polar surface area (TPSA) is 90.3 Å². The molecule has 0 aliphatic carbocycles. The fraction of sp³-hybridized carbons (Fsp3) is 0.273. The zero-order chi connectivity index (χ0) is 21.0. The van der Waals surface area contributed by atoms with Crippen molar-refractivity contribution in [1.82, 2.24) is 14.9 Å². The molecule has 1 amide bonds. The Bertz CT molecular complexity index is 1120. The SMILES string of the molecule is Cc1ccc([C@@H](C)NC(=O)COC(=O)Cn2cnc3ccccc3c2=O)cc1C. The van der Waals surface area contributed by atoms with Crippen molar-refractivity contribution in [3.05, 3.63) is 75.8 Å². The lowest BCUT2D eigenvalue weighted by Gasteiger charge is -2.16. The smallest absolute Gasteiger partial charge is 0.326 e. The number of para-hydroxylation sites is 1. The third kappa shape index (κ3) is 4.87. The minimum atomic E-state index is -0.682. The Morgan fingerprint density at radius 2 is 1.90 bits per heavy atom. The van der Waals surface area contributed by atoms with E-state index in [2.05, 4.69) is 10.3 Å². The van der Waals surface area contributed by atoms with Gasteiger partial charge in [-0.3, -0.25) is 19.0 Å². The molecule has 0 saturated carbocycles. The molecule has 1 aromatic heterocycles. The van der Waals surface area contributed by atoms with E-state index < -0.39 is 18.5 Å². The average Bonchev–Trinajstić information content (AvgIpc) is 2.70. The molecule has 7 heteroatoms. The summed E-state index contributed by atoms with van der Waals surface area (Å²) in [6.45, 7) is 5.18. The summed E-state index contributed by atoms with van der Waals surface area (Å²) in [5.74, 6) is -1.09. The maximum atomic E-state index is 12.4. The monoisotopic (exact) mass is 393 g/mol. The number of amides is 1. The number of fused-ring (bicyclic) bond motifs is 1. The molecule has 0 bridgehead atoms. The number of aryl methyl sites for hydroxylation is 2. The summed E-state index contributed by atoms with van der Waals surface area (Å²) in [4.78, 5) is 40.7. The highest BCUT2D eigenvalue weighted by Gasteiger charge is 2.14. The Morgan fingerprint density at radius 1 is 1.14 bits per heavy atom. The maximum absolute atomic E-state index is 12.4. The molecule has 29 heavy (non-hydrogen) atoms. The van der Waals surface area contributed by atoms with Gasteiger partial charge >= 0.3 is 5.97 Å². The molecular formula is C22H23N3O4. The number of nitrogens with one attached hydrogen (secondary N) is 1. The van der Waals surface area contributed by atoms with Crippen LogP contribution in [0.5, 0.6) is 0 Å². The Hall–Kier alpha value is -3.48. The van der Waals surface area contributed by atoms with E-state index in [4.69, 9.17) is 4.74 Å². The highest BCUT2D eigenvalue weighted by atomic mass is 16.5. The summed E-state index contributed by atoms with van der Waals surface area (Å²) in [7, 11) is 0. The molecule has 0 fully saturated rings. The van der Waals surface area contributed by atoms with Gasteiger partial charge in [-0.15, -0.1) is 0 Å². The summed E-state index contributed by atoms with van der Waals surface area (Å²) in [6, 6.07) is 12.6. The predicted octanol–water partition coefficient (Wildman–Crippen LogP) is 2.43. The van der Waals surface area contributed by atoms with Gasteiger partial charge in [0.1, 0.15) is 6.54 Å².